The highest BCUT2D eigenvalue weighted by Gasteiger charge is 2.09. The van der Waals surface area contributed by atoms with Crippen molar-refractivity contribution in [3.8, 4) is 0 Å². The molecule has 0 unspecified atom stereocenters. The van der Waals surface area contributed by atoms with Gasteiger partial charge < -0.3 is 9.88 Å². The van der Waals surface area contributed by atoms with E-state index in [-0.39, 0.29) is 5.75 Å². The Morgan fingerprint density at radius 2 is 2.05 bits per heavy atom. The van der Waals surface area contributed by atoms with Gasteiger partial charge in [-0.25, -0.2) is 13.4 Å². The number of sulfone groups is 1. The lowest BCUT2D eigenvalue weighted by Gasteiger charge is -2.08. The summed E-state index contributed by atoms with van der Waals surface area (Å²) in [6.45, 7) is 4.44. The summed E-state index contributed by atoms with van der Waals surface area (Å²) in [5.41, 5.74) is 2.17. The third-order valence-electron chi connectivity index (χ3n) is 3.33. The van der Waals surface area contributed by atoms with Crippen LogP contribution < -0.4 is 5.32 Å². The average molecular weight is 309 g/mol. The zero-order valence-electron chi connectivity index (χ0n) is 12.7. The van der Waals surface area contributed by atoms with Crippen LogP contribution in [0.15, 0.2) is 24.3 Å². The quantitative estimate of drug-likeness (QED) is 0.757. The molecule has 0 saturated heterocycles. The molecule has 2 aromatic rings. The number of nitrogens with zero attached hydrogens (tertiary/aromatic N) is 2. The predicted molar refractivity (Wildman–Crippen MR) is 86.1 cm³/mol. The zero-order valence-corrected chi connectivity index (χ0v) is 13.5. The molecule has 0 aliphatic carbocycles. The van der Waals surface area contributed by atoms with Crippen LogP contribution in [0.25, 0.3) is 11.0 Å². The Balaban J connectivity index is 1.99. The smallest absolute Gasteiger partial charge is 0.147 e. The molecule has 2 rings (SSSR count). The second-order valence-electron chi connectivity index (χ2n) is 5.33. The first-order chi connectivity index (χ1) is 10.0. The van der Waals surface area contributed by atoms with Gasteiger partial charge in [0, 0.05) is 12.8 Å². The molecule has 21 heavy (non-hydrogen) atoms. The van der Waals surface area contributed by atoms with Gasteiger partial charge in [-0.1, -0.05) is 19.1 Å². The molecule has 0 atom stereocenters. The third-order valence-corrected chi connectivity index (χ3v) is 4.36. The average Bonchev–Trinajstić information content (AvgIpc) is 2.76. The van der Waals surface area contributed by atoms with Crippen LogP contribution in [0.2, 0.25) is 0 Å². The summed E-state index contributed by atoms with van der Waals surface area (Å²) >= 11 is 0. The number of nitrogens with one attached hydrogen (secondary N) is 1. The minimum Gasteiger partial charge on any atom is -0.327 e. The van der Waals surface area contributed by atoms with Crippen LogP contribution in [-0.2, 0) is 22.9 Å². The Hall–Kier alpha value is -1.40. The van der Waals surface area contributed by atoms with Crippen molar-refractivity contribution >= 4 is 20.9 Å². The zero-order chi connectivity index (χ0) is 15.3. The Bertz CT molecular complexity index is 692. The summed E-state index contributed by atoms with van der Waals surface area (Å²) in [7, 11) is -2.87. The molecule has 6 heteroatoms. The first-order valence-corrected chi connectivity index (χ1v) is 9.40. The lowest BCUT2D eigenvalue weighted by molar-refractivity contribution is 0.582. The molecule has 0 saturated carbocycles. The fraction of sp³-hybridized carbons (Fsp3) is 0.533. The number of aromatic nitrogens is 2. The van der Waals surface area contributed by atoms with Gasteiger partial charge in [0.2, 0.25) is 0 Å². The largest absolute Gasteiger partial charge is 0.327 e. The van der Waals surface area contributed by atoms with Crippen molar-refractivity contribution in [2.24, 2.45) is 0 Å². The summed E-state index contributed by atoms with van der Waals surface area (Å²) in [4.78, 5) is 4.66. The molecule has 1 heterocycles. The maximum absolute atomic E-state index is 11.1. The predicted octanol–water partition coefficient (Wildman–Crippen LogP) is 1.97. The second-order valence-corrected chi connectivity index (χ2v) is 7.59. The van der Waals surface area contributed by atoms with Crippen molar-refractivity contribution in [3.63, 3.8) is 0 Å². The normalized spacial score (nSPS) is 12.1. The fourth-order valence-electron chi connectivity index (χ4n) is 2.39. The van der Waals surface area contributed by atoms with Gasteiger partial charge in [-0.15, -0.1) is 0 Å². The molecule has 0 aliphatic rings. The molecule has 5 nitrogen and oxygen atoms in total. The molecule has 0 fully saturated rings. The van der Waals surface area contributed by atoms with Crippen molar-refractivity contribution in [2.75, 3.05) is 18.6 Å². The Morgan fingerprint density at radius 1 is 1.29 bits per heavy atom. The lowest BCUT2D eigenvalue weighted by Crippen LogP contribution is -2.20. The SMILES string of the molecule is CCCn1c(CNCCCS(C)(=O)=O)nc2ccccc21. The molecule has 0 bridgehead atoms. The van der Waals surface area contributed by atoms with E-state index in [1.54, 1.807) is 0 Å². The van der Waals surface area contributed by atoms with Gasteiger partial charge in [0.25, 0.3) is 0 Å². The Labute approximate surface area is 126 Å². The van der Waals surface area contributed by atoms with Crippen molar-refractivity contribution < 1.29 is 8.42 Å². The fourth-order valence-corrected chi connectivity index (χ4v) is 3.06. The molecule has 1 N–H and O–H groups in total. The molecular weight excluding hydrogens is 286 g/mol. The van der Waals surface area contributed by atoms with Gasteiger partial charge >= 0.3 is 0 Å². The summed E-state index contributed by atoms with van der Waals surface area (Å²) in [5.74, 6) is 1.24. The van der Waals surface area contributed by atoms with E-state index in [4.69, 9.17) is 0 Å². The Morgan fingerprint density at radius 3 is 2.76 bits per heavy atom. The molecule has 0 radical (unpaired) electrons. The van der Waals surface area contributed by atoms with Gasteiger partial charge in [-0.05, 0) is 31.5 Å². The molecule has 1 aromatic heterocycles. The highest BCUT2D eigenvalue weighted by Crippen LogP contribution is 2.16. The van der Waals surface area contributed by atoms with E-state index in [1.165, 1.54) is 6.26 Å². The maximum atomic E-state index is 11.1. The molecule has 0 amide bonds. The topological polar surface area (TPSA) is 64.0 Å². The second kappa shape index (κ2) is 7.04. The number of hydrogen-bond acceptors (Lipinski definition) is 4. The number of rotatable bonds is 8. The van der Waals surface area contributed by atoms with E-state index in [9.17, 15) is 8.42 Å². The molecule has 1 aromatic carbocycles. The van der Waals surface area contributed by atoms with Crippen LogP contribution in [0.3, 0.4) is 0 Å². The molecule has 116 valence electrons. The van der Waals surface area contributed by atoms with Crippen LogP contribution in [0.5, 0.6) is 0 Å². The highest BCUT2D eigenvalue weighted by molar-refractivity contribution is 7.90. The number of aryl methyl sites for hydroxylation is 1. The maximum Gasteiger partial charge on any atom is 0.147 e. The van der Waals surface area contributed by atoms with Crippen LogP contribution in [0.4, 0.5) is 0 Å². The highest BCUT2D eigenvalue weighted by atomic mass is 32.2. The van der Waals surface area contributed by atoms with E-state index in [0.29, 0.717) is 19.5 Å². The van der Waals surface area contributed by atoms with Crippen LogP contribution >= 0.6 is 0 Å². The minimum absolute atomic E-state index is 0.228. The summed E-state index contributed by atoms with van der Waals surface area (Å²) < 4.78 is 24.4. The van der Waals surface area contributed by atoms with Crippen molar-refractivity contribution in [1.29, 1.82) is 0 Å². The first-order valence-electron chi connectivity index (χ1n) is 7.34. The molecule has 0 spiro atoms. The number of fused-ring (bicyclic) bond motifs is 1. The van der Waals surface area contributed by atoms with E-state index in [1.807, 2.05) is 18.2 Å². The summed E-state index contributed by atoms with van der Waals surface area (Å²) in [6.07, 6.45) is 2.96. The first kappa shape index (κ1) is 16.0. The summed E-state index contributed by atoms with van der Waals surface area (Å²) in [5, 5.41) is 3.29. The molecular formula is C15H23N3O2S. The Kier molecular flexibility index (Phi) is 5.36. The van der Waals surface area contributed by atoms with Crippen molar-refractivity contribution in [2.45, 2.75) is 32.9 Å². The standard InChI is InChI=1S/C15H23N3O2S/c1-3-10-18-14-8-5-4-7-13(14)17-15(18)12-16-9-6-11-21(2,19)20/h4-5,7-8,16H,3,6,9-12H2,1-2H3. The number of para-hydroxylation sites is 2. The third kappa shape index (κ3) is 4.54. The number of benzene rings is 1. The van der Waals surface area contributed by atoms with E-state index in [0.717, 1.165) is 29.8 Å². The molecule has 0 aliphatic heterocycles. The van der Waals surface area contributed by atoms with Crippen molar-refractivity contribution in [3.05, 3.63) is 30.1 Å². The van der Waals surface area contributed by atoms with Crippen LogP contribution in [0, 0.1) is 0 Å². The van der Waals surface area contributed by atoms with Gasteiger partial charge in [0.05, 0.1) is 23.3 Å². The van der Waals surface area contributed by atoms with E-state index >= 15 is 0 Å². The van der Waals surface area contributed by atoms with Crippen LogP contribution in [0.1, 0.15) is 25.6 Å². The summed E-state index contributed by atoms with van der Waals surface area (Å²) in [6, 6.07) is 8.13. The van der Waals surface area contributed by atoms with E-state index < -0.39 is 9.84 Å². The number of imidazole rings is 1. The van der Waals surface area contributed by atoms with Crippen molar-refractivity contribution in [1.82, 2.24) is 14.9 Å². The van der Waals surface area contributed by atoms with E-state index in [2.05, 4.69) is 27.9 Å². The van der Waals surface area contributed by atoms with Gasteiger partial charge in [0.1, 0.15) is 15.7 Å². The monoisotopic (exact) mass is 309 g/mol. The minimum atomic E-state index is -2.87. The van der Waals surface area contributed by atoms with Crippen LogP contribution in [-0.4, -0.2) is 36.5 Å². The van der Waals surface area contributed by atoms with Gasteiger partial charge in [-0.2, -0.15) is 0 Å². The van der Waals surface area contributed by atoms with Gasteiger partial charge in [0.15, 0.2) is 0 Å². The lowest BCUT2D eigenvalue weighted by atomic mass is 10.3. The van der Waals surface area contributed by atoms with Gasteiger partial charge in [-0.3, -0.25) is 0 Å². The number of hydrogen-bond donors (Lipinski definition) is 1.